The van der Waals surface area contributed by atoms with Crippen LogP contribution in [0.2, 0.25) is 5.02 Å². The van der Waals surface area contributed by atoms with Crippen LogP contribution < -0.4 is 4.74 Å². The first kappa shape index (κ1) is 19.5. The third kappa shape index (κ3) is 4.93. The molecule has 0 radical (unpaired) electrons. The molecule has 1 heterocycles. The Hall–Kier alpha value is -2.24. The molecule has 1 saturated heterocycles. The van der Waals surface area contributed by atoms with E-state index in [2.05, 4.69) is 4.99 Å². The van der Waals surface area contributed by atoms with E-state index in [0.29, 0.717) is 21.6 Å². The summed E-state index contributed by atoms with van der Waals surface area (Å²) in [5.41, 5.74) is 1.65. The molecule has 0 unspecified atom stereocenters. The maximum atomic E-state index is 12.8. The maximum absolute atomic E-state index is 12.8. The molecule has 0 bridgehead atoms. The first-order chi connectivity index (χ1) is 13.0. The molecule has 6 heteroatoms. The lowest BCUT2D eigenvalue weighted by atomic mass is 10.2. The Labute approximate surface area is 168 Å². The summed E-state index contributed by atoms with van der Waals surface area (Å²) in [6, 6.07) is 15.0. The minimum atomic E-state index is -0.0431. The highest BCUT2D eigenvalue weighted by molar-refractivity contribution is 8.18. The number of likely N-dealkylation sites (N-methyl/N-ethyl adjacent to an activating group) is 1. The number of carbonyl (C=O) groups excluding carboxylic acids is 1. The van der Waals surface area contributed by atoms with Gasteiger partial charge in [-0.15, -0.1) is 0 Å². The van der Waals surface area contributed by atoms with Crippen molar-refractivity contribution in [1.29, 1.82) is 0 Å². The Morgan fingerprint density at radius 3 is 2.70 bits per heavy atom. The zero-order valence-electron chi connectivity index (χ0n) is 15.5. The van der Waals surface area contributed by atoms with Crippen molar-refractivity contribution in [2.24, 2.45) is 4.99 Å². The average molecular weight is 401 g/mol. The summed E-state index contributed by atoms with van der Waals surface area (Å²) in [7, 11) is 0. The number of carbonyl (C=O) groups is 1. The molecule has 1 aliphatic rings. The van der Waals surface area contributed by atoms with Crippen molar-refractivity contribution >= 4 is 46.2 Å². The molecular weight excluding hydrogens is 380 g/mol. The normalized spacial score (nSPS) is 17.4. The van der Waals surface area contributed by atoms with E-state index < -0.39 is 0 Å². The second kappa shape index (κ2) is 8.63. The molecule has 1 aliphatic heterocycles. The zero-order valence-corrected chi connectivity index (χ0v) is 17.1. The number of nitrogens with zero attached hydrogens (tertiary/aromatic N) is 2. The van der Waals surface area contributed by atoms with Gasteiger partial charge in [0.2, 0.25) is 0 Å². The average Bonchev–Trinajstić information content (AvgIpc) is 2.89. The zero-order chi connectivity index (χ0) is 19.4. The van der Waals surface area contributed by atoms with Gasteiger partial charge in [0, 0.05) is 11.6 Å². The van der Waals surface area contributed by atoms with E-state index in [1.807, 2.05) is 63.2 Å². The van der Waals surface area contributed by atoms with E-state index in [1.54, 1.807) is 17.0 Å². The Morgan fingerprint density at radius 1 is 1.22 bits per heavy atom. The third-order valence-corrected chi connectivity index (χ3v) is 5.01. The van der Waals surface area contributed by atoms with Crippen LogP contribution in [0.15, 0.2) is 58.4 Å². The molecule has 0 aromatic heterocycles. The van der Waals surface area contributed by atoms with E-state index in [0.717, 1.165) is 17.0 Å². The Bertz CT molecular complexity index is 909. The third-order valence-electron chi connectivity index (χ3n) is 3.76. The molecule has 2 aromatic carbocycles. The summed E-state index contributed by atoms with van der Waals surface area (Å²) in [5, 5.41) is 1.28. The highest BCUT2D eigenvalue weighted by Crippen LogP contribution is 2.34. The van der Waals surface area contributed by atoms with Crippen molar-refractivity contribution in [3.8, 4) is 5.75 Å². The molecule has 1 amide bonds. The van der Waals surface area contributed by atoms with Crippen LogP contribution in [0, 0.1) is 0 Å². The molecule has 140 valence electrons. The first-order valence-electron chi connectivity index (χ1n) is 8.78. The Morgan fingerprint density at radius 2 is 2.00 bits per heavy atom. The Balaban J connectivity index is 1.89. The van der Waals surface area contributed by atoms with Gasteiger partial charge in [-0.05, 0) is 74.5 Å². The van der Waals surface area contributed by atoms with Gasteiger partial charge < -0.3 is 4.74 Å². The second-order valence-electron chi connectivity index (χ2n) is 6.27. The van der Waals surface area contributed by atoms with Crippen LogP contribution in [0.3, 0.4) is 0 Å². The van der Waals surface area contributed by atoms with E-state index in [1.165, 1.54) is 11.8 Å². The predicted octanol–water partition coefficient (Wildman–Crippen LogP) is 5.75. The van der Waals surface area contributed by atoms with Gasteiger partial charge in [-0.2, -0.15) is 0 Å². The fourth-order valence-corrected chi connectivity index (χ4v) is 3.87. The molecule has 2 aromatic rings. The summed E-state index contributed by atoms with van der Waals surface area (Å²) >= 11 is 7.41. The van der Waals surface area contributed by atoms with Crippen molar-refractivity contribution in [2.45, 2.75) is 26.9 Å². The summed E-state index contributed by atoms with van der Waals surface area (Å²) in [5.74, 6) is 0.744. The molecule has 4 nitrogen and oxygen atoms in total. The van der Waals surface area contributed by atoms with Crippen molar-refractivity contribution in [1.82, 2.24) is 4.90 Å². The highest BCUT2D eigenvalue weighted by atomic mass is 35.5. The second-order valence-corrected chi connectivity index (χ2v) is 7.72. The van der Waals surface area contributed by atoms with Crippen molar-refractivity contribution in [3.63, 3.8) is 0 Å². The molecule has 0 saturated carbocycles. The van der Waals surface area contributed by atoms with Crippen LogP contribution in [-0.2, 0) is 4.79 Å². The van der Waals surface area contributed by atoms with Gasteiger partial charge in [0.05, 0.1) is 16.7 Å². The number of amides is 1. The van der Waals surface area contributed by atoms with Gasteiger partial charge in [-0.3, -0.25) is 9.69 Å². The molecule has 0 N–H and O–H groups in total. The van der Waals surface area contributed by atoms with Crippen LogP contribution in [0.25, 0.3) is 6.08 Å². The van der Waals surface area contributed by atoms with Crippen molar-refractivity contribution in [2.75, 3.05) is 6.54 Å². The molecular formula is C21H21ClN2O2S. The van der Waals surface area contributed by atoms with Crippen LogP contribution >= 0.6 is 23.4 Å². The van der Waals surface area contributed by atoms with Crippen LogP contribution in [0.5, 0.6) is 5.75 Å². The summed E-state index contributed by atoms with van der Waals surface area (Å²) < 4.78 is 5.73. The number of halogens is 1. The lowest BCUT2D eigenvalue weighted by Crippen LogP contribution is -2.28. The number of aliphatic imine (C=N–C) groups is 1. The fraction of sp³-hybridized carbons (Fsp3) is 0.238. The smallest absolute Gasteiger partial charge is 0.266 e. The van der Waals surface area contributed by atoms with E-state index in [9.17, 15) is 4.79 Å². The number of amidine groups is 1. The largest absolute Gasteiger partial charge is 0.491 e. The molecule has 0 atom stereocenters. The van der Waals surface area contributed by atoms with Gasteiger partial charge in [-0.1, -0.05) is 29.8 Å². The van der Waals surface area contributed by atoms with Gasteiger partial charge in [0.25, 0.3) is 5.91 Å². The summed E-state index contributed by atoms with van der Waals surface area (Å²) in [6.07, 6.45) is 1.98. The number of hydrogen-bond acceptors (Lipinski definition) is 4. The predicted molar refractivity (Wildman–Crippen MR) is 114 cm³/mol. The van der Waals surface area contributed by atoms with Crippen LogP contribution in [0.4, 0.5) is 5.69 Å². The van der Waals surface area contributed by atoms with Crippen molar-refractivity contribution in [3.05, 3.63) is 64.0 Å². The van der Waals surface area contributed by atoms with Gasteiger partial charge in [0.1, 0.15) is 5.75 Å². The maximum Gasteiger partial charge on any atom is 0.266 e. The number of rotatable bonds is 5. The monoisotopic (exact) mass is 400 g/mol. The molecule has 1 fully saturated rings. The highest BCUT2D eigenvalue weighted by Gasteiger charge is 2.32. The van der Waals surface area contributed by atoms with Crippen LogP contribution in [0.1, 0.15) is 26.3 Å². The molecule has 0 aliphatic carbocycles. The number of thioether (sulfide) groups is 1. The standard InChI is InChI=1S/C21H21ClN2O2S/c1-4-24-20(25)19(12-15-7-5-10-18(11-15)26-14(2)3)27-21(24)23-17-9-6-8-16(22)13-17/h5-14H,4H2,1-3H3/b19-12+,23-21?. The van der Waals surface area contributed by atoms with Gasteiger partial charge in [0.15, 0.2) is 5.17 Å². The SMILES string of the molecule is CCN1C(=O)/C(=C\c2cccc(OC(C)C)c2)SC1=Nc1cccc(Cl)c1. The van der Waals surface area contributed by atoms with E-state index in [-0.39, 0.29) is 12.0 Å². The number of benzene rings is 2. The number of ether oxygens (including phenoxy) is 1. The lowest BCUT2D eigenvalue weighted by molar-refractivity contribution is -0.122. The molecule has 27 heavy (non-hydrogen) atoms. The minimum Gasteiger partial charge on any atom is -0.491 e. The van der Waals surface area contributed by atoms with Gasteiger partial charge in [-0.25, -0.2) is 4.99 Å². The van der Waals surface area contributed by atoms with Crippen molar-refractivity contribution < 1.29 is 9.53 Å². The first-order valence-corrected chi connectivity index (χ1v) is 9.98. The van der Waals surface area contributed by atoms with Crippen LogP contribution in [-0.4, -0.2) is 28.6 Å². The molecule has 3 rings (SSSR count). The summed E-state index contributed by atoms with van der Waals surface area (Å²) in [4.78, 5) is 19.7. The minimum absolute atomic E-state index is 0.0431. The Kier molecular flexibility index (Phi) is 6.24. The topological polar surface area (TPSA) is 41.9 Å². The quantitative estimate of drug-likeness (QED) is 0.600. The number of hydrogen-bond donors (Lipinski definition) is 0. The van der Waals surface area contributed by atoms with E-state index >= 15 is 0 Å². The summed E-state index contributed by atoms with van der Waals surface area (Å²) in [6.45, 7) is 6.46. The lowest BCUT2D eigenvalue weighted by Gasteiger charge is -2.12. The van der Waals surface area contributed by atoms with Gasteiger partial charge >= 0.3 is 0 Å². The van der Waals surface area contributed by atoms with E-state index in [4.69, 9.17) is 16.3 Å². The molecule has 0 spiro atoms. The fourth-order valence-electron chi connectivity index (χ4n) is 2.63.